The van der Waals surface area contributed by atoms with Gasteiger partial charge in [0.05, 0.1) is 11.3 Å². The van der Waals surface area contributed by atoms with Gasteiger partial charge < -0.3 is 10.4 Å². The van der Waals surface area contributed by atoms with E-state index in [4.69, 9.17) is 5.11 Å². The minimum absolute atomic E-state index is 0.373. The van der Waals surface area contributed by atoms with Crippen molar-refractivity contribution in [2.24, 2.45) is 0 Å². The normalized spacial score (nSPS) is 10.9. The van der Waals surface area contributed by atoms with Gasteiger partial charge in [-0.25, -0.2) is 4.39 Å². The number of amides is 1. The van der Waals surface area contributed by atoms with E-state index in [0.717, 1.165) is 18.2 Å². The number of nitrogens with zero attached hydrogens (tertiary/aromatic N) is 1. The number of carboxylic acids is 1. The minimum atomic E-state index is -1.14. The van der Waals surface area contributed by atoms with Gasteiger partial charge in [-0.1, -0.05) is 0 Å². The highest BCUT2D eigenvalue weighted by atomic mass is 19.1. The van der Waals surface area contributed by atoms with Crippen LogP contribution < -0.4 is 5.32 Å². The second-order valence-corrected chi connectivity index (χ2v) is 4.83. The van der Waals surface area contributed by atoms with Crippen molar-refractivity contribution < 1.29 is 24.0 Å². The number of rotatable bonds is 5. The number of nitro benzene ring substituents is 1. The van der Waals surface area contributed by atoms with Gasteiger partial charge >= 0.3 is 5.97 Å². The molecule has 20 heavy (non-hydrogen) atoms. The molecule has 0 heterocycles. The summed E-state index contributed by atoms with van der Waals surface area (Å²) in [6, 6.07) is 2.50. The van der Waals surface area contributed by atoms with Crippen molar-refractivity contribution in [1.29, 1.82) is 0 Å². The molecule has 1 aromatic carbocycles. The zero-order valence-corrected chi connectivity index (χ0v) is 10.8. The quantitative estimate of drug-likeness (QED) is 0.632. The van der Waals surface area contributed by atoms with E-state index in [0.29, 0.717) is 0 Å². The van der Waals surface area contributed by atoms with Crippen molar-refractivity contribution >= 4 is 17.6 Å². The molecular formula is C12H13FN2O5. The van der Waals surface area contributed by atoms with E-state index >= 15 is 0 Å². The van der Waals surface area contributed by atoms with Gasteiger partial charge in [0.1, 0.15) is 11.4 Å². The van der Waals surface area contributed by atoms with E-state index in [1.165, 1.54) is 13.8 Å². The molecule has 108 valence electrons. The standard InChI is InChI=1S/C12H13FN2O5/c1-12(2,6-10(16)17)14-11(18)8-5-7(13)3-4-9(8)15(19)20/h3-5H,6H2,1-2H3,(H,14,18)(H,16,17). The zero-order chi connectivity index (χ0) is 15.5. The van der Waals surface area contributed by atoms with Crippen LogP contribution in [0.5, 0.6) is 0 Å². The summed E-state index contributed by atoms with van der Waals surface area (Å²) in [5, 5.41) is 21.8. The Kier molecular flexibility index (Phi) is 4.38. The summed E-state index contributed by atoms with van der Waals surface area (Å²) in [6.45, 7) is 2.90. The predicted octanol–water partition coefficient (Wildman–Crippen LogP) is 1.72. The monoisotopic (exact) mass is 284 g/mol. The fraction of sp³-hybridized carbons (Fsp3) is 0.333. The van der Waals surface area contributed by atoms with Crippen LogP contribution in [0.25, 0.3) is 0 Å². The predicted molar refractivity (Wildman–Crippen MR) is 66.9 cm³/mol. The van der Waals surface area contributed by atoms with Crippen LogP contribution in [0.1, 0.15) is 30.6 Å². The van der Waals surface area contributed by atoms with Gasteiger partial charge in [-0.2, -0.15) is 0 Å². The van der Waals surface area contributed by atoms with Crippen LogP contribution in [0, 0.1) is 15.9 Å². The molecule has 0 aliphatic carbocycles. The fourth-order valence-corrected chi connectivity index (χ4v) is 1.65. The van der Waals surface area contributed by atoms with Crippen LogP contribution in [0.15, 0.2) is 18.2 Å². The average molecular weight is 284 g/mol. The van der Waals surface area contributed by atoms with Crippen LogP contribution in [-0.4, -0.2) is 27.4 Å². The molecule has 0 radical (unpaired) electrons. The molecule has 0 spiro atoms. The molecule has 0 saturated heterocycles. The van der Waals surface area contributed by atoms with Gasteiger partial charge in [0.15, 0.2) is 0 Å². The largest absolute Gasteiger partial charge is 0.481 e. The third-order valence-corrected chi connectivity index (χ3v) is 2.45. The Morgan fingerprint density at radius 2 is 2.05 bits per heavy atom. The third-order valence-electron chi connectivity index (χ3n) is 2.45. The van der Waals surface area contributed by atoms with E-state index in [2.05, 4.69) is 5.32 Å². The molecule has 0 fully saturated rings. The van der Waals surface area contributed by atoms with Crippen LogP contribution in [0.4, 0.5) is 10.1 Å². The maximum absolute atomic E-state index is 13.1. The highest BCUT2D eigenvalue weighted by molar-refractivity contribution is 5.98. The molecule has 0 atom stereocenters. The number of nitro groups is 1. The van der Waals surface area contributed by atoms with E-state index in [1.807, 2.05) is 0 Å². The second kappa shape index (κ2) is 5.64. The van der Waals surface area contributed by atoms with Crippen LogP contribution >= 0.6 is 0 Å². The number of carbonyl (C=O) groups is 2. The Balaban J connectivity index is 3.06. The summed E-state index contributed by atoms with van der Waals surface area (Å²) in [5.74, 6) is -2.83. The first kappa shape index (κ1) is 15.5. The summed E-state index contributed by atoms with van der Waals surface area (Å²) < 4.78 is 13.1. The van der Waals surface area contributed by atoms with Gasteiger partial charge in [-0.3, -0.25) is 19.7 Å². The lowest BCUT2D eigenvalue weighted by Crippen LogP contribution is -2.45. The van der Waals surface area contributed by atoms with Crippen LogP contribution in [-0.2, 0) is 4.79 Å². The maximum Gasteiger partial charge on any atom is 0.305 e. The lowest BCUT2D eigenvalue weighted by Gasteiger charge is -2.24. The molecule has 0 aliphatic rings. The number of carbonyl (C=O) groups excluding carboxylic acids is 1. The molecule has 7 nitrogen and oxygen atoms in total. The summed E-state index contributed by atoms with van der Waals surface area (Å²) in [7, 11) is 0. The van der Waals surface area contributed by atoms with Crippen LogP contribution in [0.3, 0.4) is 0 Å². The van der Waals surface area contributed by atoms with Gasteiger partial charge in [-0.15, -0.1) is 0 Å². The summed E-state index contributed by atoms with van der Waals surface area (Å²) in [4.78, 5) is 32.6. The minimum Gasteiger partial charge on any atom is -0.481 e. The fourth-order valence-electron chi connectivity index (χ4n) is 1.65. The Labute approximate surface area is 113 Å². The molecule has 1 aromatic rings. The molecule has 0 saturated carbocycles. The summed E-state index contributed by atoms with van der Waals surface area (Å²) in [6.07, 6.45) is -0.373. The Bertz CT molecular complexity index is 571. The third kappa shape index (κ3) is 4.01. The smallest absolute Gasteiger partial charge is 0.305 e. The number of halogens is 1. The average Bonchev–Trinajstić information content (AvgIpc) is 2.25. The number of carboxylic acid groups (broad SMARTS) is 1. The lowest BCUT2D eigenvalue weighted by molar-refractivity contribution is -0.385. The Morgan fingerprint density at radius 1 is 1.45 bits per heavy atom. The first-order chi connectivity index (χ1) is 9.12. The zero-order valence-electron chi connectivity index (χ0n) is 10.8. The van der Waals surface area contributed by atoms with Crippen molar-refractivity contribution in [2.75, 3.05) is 0 Å². The molecule has 8 heteroatoms. The molecule has 0 unspecified atom stereocenters. The first-order valence-electron chi connectivity index (χ1n) is 5.60. The highest BCUT2D eigenvalue weighted by Gasteiger charge is 2.28. The van der Waals surface area contributed by atoms with Gasteiger partial charge in [-0.05, 0) is 26.0 Å². The van der Waals surface area contributed by atoms with E-state index in [1.54, 1.807) is 0 Å². The lowest BCUT2D eigenvalue weighted by atomic mass is 10.00. The Morgan fingerprint density at radius 3 is 2.55 bits per heavy atom. The number of aliphatic carboxylic acids is 1. The van der Waals surface area contributed by atoms with E-state index in [9.17, 15) is 24.1 Å². The summed E-state index contributed by atoms with van der Waals surface area (Å²) in [5.41, 5.74) is -2.12. The molecule has 1 rings (SSSR count). The van der Waals surface area contributed by atoms with Crippen molar-refractivity contribution in [2.45, 2.75) is 25.8 Å². The molecule has 1 amide bonds. The van der Waals surface area contributed by atoms with Crippen molar-refractivity contribution in [3.63, 3.8) is 0 Å². The van der Waals surface area contributed by atoms with E-state index < -0.39 is 39.4 Å². The second-order valence-electron chi connectivity index (χ2n) is 4.83. The van der Waals surface area contributed by atoms with Gasteiger partial charge in [0.2, 0.25) is 0 Å². The molecule has 0 aromatic heterocycles. The maximum atomic E-state index is 13.1. The van der Waals surface area contributed by atoms with Gasteiger partial charge in [0.25, 0.3) is 11.6 Å². The molecule has 0 aliphatic heterocycles. The number of hydrogen-bond donors (Lipinski definition) is 2. The van der Waals surface area contributed by atoms with Crippen LogP contribution in [0.2, 0.25) is 0 Å². The topological polar surface area (TPSA) is 110 Å². The van der Waals surface area contributed by atoms with E-state index in [-0.39, 0.29) is 6.42 Å². The number of benzene rings is 1. The number of nitrogens with one attached hydrogen (secondary N) is 1. The molecule has 2 N–H and O–H groups in total. The summed E-state index contributed by atoms with van der Waals surface area (Å²) >= 11 is 0. The van der Waals surface area contributed by atoms with Crippen molar-refractivity contribution in [3.05, 3.63) is 39.7 Å². The molecular weight excluding hydrogens is 271 g/mol. The SMILES string of the molecule is CC(C)(CC(=O)O)NC(=O)c1cc(F)ccc1[N+](=O)[O-]. The highest BCUT2D eigenvalue weighted by Crippen LogP contribution is 2.20. The molecule has 0 bridgehead atoms. The van der Waals surface area contributed by atoms with Gasteiger partial charge in [0, 0.05) is 11.6 Å². The Hall–Kier alpha value is -2.51. The van der Waals surface area contributed by atoms with Crippen molar-refractivity contribution in [1.82, 2.24) is 5.32 Å². The van der Waals surface area contributed by atoms with Crippen molar-refractivity contribution in [3.8, 4) is 0 Å². The first-order valence-corrected chi connectivity index (χ1v) is 5.60. The number of hydrogen-bond acceptors (Lipinski definition) is 4.